The van der Waals surface area contributed by atoms with Gasteiger partial charge in [0.05, 0.1) is 12.2 Å². The van der Waals surface area contributed by atoms with Crippen LogP contribution in [0.25, 0.3) is 0 Å². The number of hydrogen-bond donors (Lipinski definition) is 1. The first-order valence-corrected chi connectivity index (χ1v) is 8.70. The van der Waals surface area contributed by atoms with Gasteiger partial charge in [-0.05, 0) is 19.2 Å². The molecule has 2 aliphatic rings. The van der Waals surface area contributed by atoms with Gasteiger partial charge in [-0.15, -0.1) is 0 Å². The summed E-state index contributed by atoms with van der Waals surface area (Å²) in [6.07, 6.45) is 1.77. The molecular weight excluding hydrogens is 306 g/mol. The number of nitrogens with zero attached hydrogens (tertiary/aromatic N) is 5. The number of rotatable bonds is 4. The van der Waals surface area contributed by atoms with E-state index in [-0.39, 0.29) is 12.5 Å². The second-order valence-electron chi connectivity index (χ2n) is 6.52. The Hall–Kier alpha value is -1.70. The van der Waals surface area contributed by atoms with Gasteiger partial charge in [-0.2, -0.15) is 0 Å². The van der Waals surface area contributed by atoms with Gasteiger partial charge in [0.1, 0.15) is 5.82 Å². The molecule has 2 fully saturated rings. The Kier molecular flexibility index (Phi) is 5.65. The zero-order chi connectivity index (χ0) is 16.9. The number of carbonyl (C=O) groups excluding carboxylic acids is 1. The Morgan fingerprint density at radius 1 is 1.12 bits per heavy atom. The van der Waals surface area contributed by atoms with Crippen molar-refractivity contribution in [2.24, 2.45) is 0 Å². The van der Waals surface area contributed by atoms with E-state index >= 15 is 0 Å². The molecule has 3 rings (SSSR count). The van der Waals surface area contributed by atoms with E-state index in [4.69, 9.17) is 5.11 Å². The first-order valence-electron chi connectivity index (χ1n) is 8.70. The summed E-state index contributed by atoms with van der Waals surface area (Å²) in [5.74, 6) is 0.883. The summed E-state index contributed by atoms with van der Waals surface area (Å²) in [5, 5.41) is 9.03. The summed E-state index contributed by atoms with van der Waals surface area (Å²) in [6, 6.07) is 3.73. The molecule has 1 aromatic rings. The van der Waals surface area contributed by atoms with Gasteiger partial charge in [0, 0.05) is 65.1 Å². The fraction of sp³-hybridized carbons (Fsp3) is 0.647. The van der Waals surface area contributed by atoms with Crippen molar-refractivity contribution in [1.29, 1.82) is 0 Å². The minimum Gasteiger partial charge on any atom is -0.395 e. The third-order valence-electron chi connectivity index (χ3n) is 4.90. The summed E-state index contributed by atoms with van der Waals surface area (Å²) in [4.78, 5) is 26.1. The minimum atomic E-state index is 0.0701. The normalized spacial score (nSPS) is 20.4. The van der Waals surface area contributed by atoms with Crippen LogP contribution in [-0.2, 0) is 0 Å². The van der Waals surface area contributed by atoms with Crippen LogP contribution in [0.15, 0.2) is 18.3 Å². The van der Waals surface area contributed by atoms with E-state index in [1.165, 1.54) is 0 Å². The average molecular weight is 333 g/mol. The van der Waals surface area contributed by atoms with Gasteiger partial charge in [0.15, 0.2) is 0 Å². The third kappa shape index (κ3) is 3.85. The molecule has 0 spiro atoms. The summed E-state index contributed by atoms with van der Waals surface area (Å²) < 4.78 is 0. The maximum atomic E-state index is 13.0. The van der Waals surface area contributed by atoms with Crippen molar-refractivity contribution in [1.82, 2.24) is 19.7 Å². The molecule has 0 bridgehead atoms. The SMILES string of the molecule is CN1CCN(c2ncccc2C(=O)N2CCN(CCO)CC2)CC1. The molecule has 0 aromatic carbocycles. The second kappa shape index (κ2) is 7.92. The van der Waals surface area contributed by atoms with Gasteiger partial charge < -0.3 is 19.8 Å². The van der Waals surface area contributed by atoms with E-state index < -0.39 is 0 Å². The monoisotopic (exact) mass is 333 g/mol. The first kappa shape index (κ1) is 17.1. The van der Waals surface area contributed by atoms with E-state index in [2.05, 4.69) is 26.7 Å². The number of amides is 1. The molecule has 0 radical (unpaired) electrons. The number of hydrogen-bond acceptors (Lipinski definition) is 6. The molecular formula is C17H27N5O2. The Morgan fingerprint density at radius 2 is 1.83 bits per heavy atom. The molecule has 0 aliphatic carbocycles. The lowest BCUT2D eigenvalue weighted by molar-refractivity contribution is 0.0615. The van der Waals surface area contributed by atoms with Crippen molar-refractivity contribution in [3.8, 4) is 0 Å². The van der Waals surface area contributed by atoms with Gasteiger partial charge in [-0.3, -0.25) is 9.69 Å². The summed E-state index contributed by atoms with van der Waals surface area (Å²) in [7, 11) is 2.12. The number of aromatic nitrogens is 1. The molecule has 0 atom stereocenters. The highest BCUT2D eigenvalue weighted by atomic mass is 16.3. The fourth-order valence-corrected chi connectivity index (χ4v) is 3.32. The lowest BCUT2D eigenvalue weighted by atomic mass is 10.1. The number of aliphatic hydroxyl groups excluding tert-OH is 1. The number of aliphatic hydroxyl groups is 1. The highest BCUT2D eigenvalue weighted by Crippen LogP contribution is 2.21. The Morgan fingerprint density at radius 3 is 2.50 bits per heavy atom. The molecule has 1 N–H and O–H groups in total. The van der Waals surface area contributed by atoms with Crippen LogP contribution in [0.2, 0.25) is 0 Å². The van der Waals surface area contributed by atoms with Crippen molar-refractivity contribution in [2.45, 2.75) is 0 Å². The highest BCUT2D eigenvalue weighted by Gasteiger charge is 2.26. The molecule has 7 heteroatoms. The fourth-order valence-electron chi connectivity index (χ4n) is 3.32. The van der Waals surface area contributed by atoms with Crippen molar-refractivity contribution < 1.29 is 9.90 Å². The standard InChI is InChI=1S/C17H27N5O2/c1-19-5-9-21(10-6-19)16-15(3-2-4-18-16)17(24)22-11-7-20(8-12-22)13-14-23/h2-4,23H,5-14H2,1H3. The predicted octanol–water partition coefficient (Wildman–Crippen LogP) is -0.416. The predicted molar refractivity (Wildman–Crippen MR) is 93.4 cm³/mol. The lowest BCUT2D eigenvalue weighted by Gasteiger charge is -2.36. The first-order chi connectivity index (χ1) is 11.7. The lowest BCUT2D eigenvalue weighted by Crippen LogP contribution is -2.50. The summed E-state index contributed by atoms with van der Waals surface area (Å²) >= 11 is 0. The Labute approximate surface area is 143 Å². The largest absolute Gasteiger partial charge is 0.395 e. The number of likely N-dealkylation sites (N-methyl/N-ethyl adjacent to an activating group) is 1. The van der Waals surface area contributed by atoms with Crippen LogP contribution in [0.3, 0.4) is 0 Å². The summed E-state index contributed by atoms with van der Waals surface area (Å²) in [5.41, 5.74) is 0.706. The number of β-amino-alcohol motifs (C(OH)–C–C–N with tert-alkyl or cyclic N) is 1. The van der Waals surface area contributed by atoms with Crippen molar-refractivity contribution >= 4 is 11.7 Å². The highest BCUT2D eigenvalue weighted by molar-refractivity contribution is 5.99. The molecule has 7 nitrogen and oxygen atoms in total. The van der Waals surface area contributed by atoms with E-state index in [9.17, 15) is 4.79 Å². The number of anilines is 1. The van der Waals surface area contributed by atoms with Crippen LogP contribution in [0, 0.1) is 0 Å². The second-order valence-corrected chi connectivity index (χ2v) is 6.52. The molecule has 1 amide bonds. The van der Waals surface area contributed by atoms with Gasteiger partial charge in [0.2, 0.25) is 0 Å². The van der Waals surface area contributed by atoms with Crippen LogP contribution in [0.5, 0.6) is 0 Å². The smallest absolute Gasteiger partial charge is 0.257 e. The zero-order valence-electron chi connectivity index (χ0n) is 14.4. The molecule has 132 valence electrons. The van der Waals surface area contributed by atoms with Crippen molar-refractivity contribution in [2.75, 3.05) is 77.5 Å². The number of piperazine rings is 2. The van der Waals surface area contributed by atoms with Crippen LogP contribution in [-0.4, -0.2) is 103 Å². The maximum Gasteiger partial charge on any atom is 0.257 e. The van der Waals surface area contributed by atoms with E-state index in [0.29, 0.717) is 25.2 Å². The van der Waals surface area contributed by atoms with Crippen molar-refractivity contribution in [3.63, 3.8) is 0 Å². The van der Waals surface area contributed by atoms with Gasteiger partial charge in [-0.25, -0.2) is 4.98 Å². The minimum absolute atomic E-state index is 0.0701. The molecule has 3 heterocycles. The van der Waals surface area contributed by atoms with Crippen LogP contribution in [0.1, 0.15) is 10.4 Å². The van der Waals surface area contributed by atoms with Crippen LogP contribution >= 0.6 is 0 Å². The average Bonchev–Trinajstić information content (AvgIpc) is 2.63. The molecule has 0 unspecified atom stereocenters. The van der Waals surface area contributed by atoms with E-state index in [0.717, 1.165) is 45.1 Å². The molecule has 0 saturated carbocycles. The van der Waals surface area contributed by atoms with Gasteiger partial charge in [-0.1, -0.05) is 0 Å². The quantitative estimate of drug-likeness (QED) is 0.808. The summed E-state index contributed by atoms with van der Waals surface area (Å²) in [6.45, 7) is 7.68. The van der Waals surface area contributed by atoms with Crippen LogP contribution in [0.4, 0.5) is 5.82 Å². The van der Waals surface area contributed by atoms with E-state index in [1.54, 1.807) is 6.20 Å². The Balaban J connectivity index is 1.69. The topological polar surface area (TPSA) is 63.2 Å². The molecule has 1 aromatic heterocycles. The number of pyridine rings is 1. The zero-order valence-corrected chi connectivity index (χ0v) is 14.4. The van der Waals surface area contributed by atoms with Crippen molar-refractivity contribution in [3.05, 3.63) is 23.9 Å². The van der Waals surface area contributed by atoms with Crippen LogP contribution < -0.4 is 4.90 Å². The van der Waals surface area contributed by atoms with E-state index in [1.807, 2.05) is 17.0 Å². The number of carbonyl (C=O) groups is 1. The molecule has 24 heavy (non-hydrogen) atoms. The molecule has 2 saturated heterocycles. The van der Waals surface area contributed by atoms with Gasteiger partial charge >= 0.3 is 0 Å². The maximum absolute atomic E-state index is 13.0. The molecule has 2 aliphatic heterocycles. The Bertz CT molecular complexity index is 552. The van der Waals surface area contributed by atoms with Gasteiger partial charge in [0.25, 0.3) is 5.91 Å². The third-order valence-corrected chi connectivity index (χ3v) is 4.90.